The first kappa shape index (κ1) is 33.7. The summed E-state index contributed by atoms with van der Waals surface area (Å²) in [7, 11) is 0. The van der Waals surface area contributed by atoms with Crippen LogP contribution in [0.4, 0.5) is 0 Å². The highest BCUT2D eigenvalue weighted by Crippen LogP contribution is 2.63. The fourth-order valence-electron chi connectivity index (χ4n) is 10.2. The molecule has 0 amide bonds. The van der Waals surface area contributed by atoms with E-state index >= 15 is 0 Å². The van der Waals surface area contributed by atoms with Gasteiger partial charge in [0.25, 0.3) is 0 Å². The van der Waals surface area contributed by atoms with Crippen LogP contribution in [0, 0.1) is 0 Å². The van der Waals surface area contributed by atoms with E-state index in [2.05, 4.69) is 183 Å². The molecule has 2 aliphatic carbocycles. The van der Waals surface area contributed by atoms with Gasteiger partial charge in [-0.05, 0) is 98.1 Å². The van der Waals surface area contributed by atoms with Gasteiger partial charge in [0.05, 0.1) is 16.8 Å². The molecule has 278 valence electrons. The molecule has 0 radical (unpaired) electrons. The van der Waals surface area contributed by atoms with E-state index in [0.717, 1.165) is 61.8 Å². The molecule has 4 nitrogen and oxygen atoms in total. The molecule has 3 heterocycles. The maximum atomic E-state index is 7.08. The third-order valence-electron chi connectivity index (χ3n) is 12.9. The highest BCUT2D eigenvalue weighted by Gasteiger charge is 2.51. The van der Waals surface area contributed by atoms with Crippen molar-refractivity contribution in [3.05, 3.63) is 222 Å². The molecule has 3 aliphatic rings. The molecule has 0 bridgehead atoms. The predicted octanol–water partition coefficient (Wildman–Crippen LogP) is 13.3. The summed E-state index contributed by atoms with van der Waals surface area (Å²) in [5.41, 5.74) is 18.1. The Bertz CT molecular complexity index is 3110. The van der Waals surface area contributed by atoms with Gasteiger partial charge in [-0.3, -0.25) is 4.98 Å². The van der Waals surface area contributed by atoms with Crippen LogP contribution < -0.4 is 4.74 Å². The number of para-hydroxylation sites is 1. The average molecular weight is 756 g/mol. The number of pyridine rings is 1. The summed E-state index contributed by atoms with van der Waals surface area (Å²) in [4.78, 5) is 15.1. The van der Waals surface area contributed by atoms with Crippen LogP contribution in [0.5, 0.6) is 11.5 Å². The number of aromatic nitrogens is 3. The number of hydrogen-bond donors (Lipinski definition) is 0. The molecular weight excluding hydrogens is 719 g/mol. The quantitative estimate of drug-likeness (QED) is 0.180. The highest BCUT2D eigenvalue weighted by molar-refractivity contribution is 5.95. The van der Waals surface area contributed by atoms with Crippen LogP contribution in [-0.4, -0.2) is 15.0 Å². The van der Waals surface area contributed by atoms with Crippen LogP contribution in [0.1, 0.15) is 47.2 Å². The first-order valence-corrected chi connectivity index (χ1v) is 20.3. The van der Waals surface area contributed by atoms with Gasteiger partial charge in [-0.2, -0.15) is 0 Å². The minimum Gasteiger partial charge on any atom is -0.457 e. The second kappa shape index (κ2) is 12.5. The lowest BCUT2D eigenvalue weighted by Gasteiger charge is -2.43. The van der Waals surface area contributed by atoms with Gasteiger partial charge in [-0.1, -0.05) is 147 Å². The molecule has 12 rings (SSSR count). The van der Waals surface area contributed by atoms with Gasteiger partial charge in [0.2, 0.25) is 0 Å². The lowest BCUT2D eigenvalue weighted by Crippen LogP contribution is -2.35. The number of ether oxygens (including phenoxy) is 1. The molecule has 4 heteroatoms. The molecule has 9 aromatic rings. The highest BCUT2D eigenvalue weighted by atomic mass is 16.5. The lowest BCUT2D eigenvalue weighted by molar-refractivity contribution is 0.433. The summed E-state index contributed by atoms with van der Waals surface area (Å²) in [6.45, 7) is 4.66. The molecule has 0 saturated carbocycles. The van der Waals surface area contributed by atoms with E-state index in [1.807, 2.05) is 18.3 Å². The minimum atomic E-state index is -0.787. The first-order valence-electron chi connectivity index (χ1n) is 20.3. The second-order valence-corrected chi connectivity index (χ2v) is 16.3. The van der Waals surface area contributed by atoms with Crippen molar-refractivity contribution in [1.29, 1.82) is 0 Å². The van der Waals surface area contributed by atoms with Crippen molar-refractivity contribution in [3.63, 3.8) is 0 Å². The van der Waals surface area contributed by atoms with Crippen molar-refractivity contribution in [1.82, 2.24) is 15.0 Å². The van der Waals surface area contributed by atoms with E-state index < -0.39 is 5.41 Å². The van der Waals surface area contributed by atoms with Crippen molar-refractivity contribution < 1.29 is 4.74 Å². The van der Waals surface area contributed by atoms with E-state index in [1.54, 1.807) is 6.20 Å². The van der Waals surface area contributed by atoms with Crippen molar-refractivity contribution in [2.24, 2.45) is 0 Å². The topological polar surface area (TPSA) is 47.9 Å². The fraction of sp³-hybridized carbons (Fsp3) is 0.0727. The molecule has 1 unspecified atom stereocenters. The Morgan fingerprint density at radius 1 is 0.390 bits per heavy atom. The van der Waals surface area contributed by atoms with E-state index in [4.69, 9.17) is 14.7 Å². The maximum absolute atomic E-state index is 7.08. The average Bonchev–Trinajstić information content (AvgIpc) is 3.46. The standard InChI is InChI=1S/C55H37N3O/c1-54(2)43-22-10-8-21-40(43)42-30-48-52(31-46(42)54)59-51-25-13-12-24-45(51)55(48)44-23-11-9-20-39(44)37-18-6-7-19-38(37)41-27-26-35(29-47(41)55)53-57-49(34-15-4-3-5-16-34)32-50(58-53)36-17-14-28-56-33-36/h3-33H,1-2H3. The third-order valence-corrected chi connectivity index (χ3v) is 12.9. The molecule has 59 heavy (non-hydrogen) atoms. The number of fused-ring (bicyclic) bond motifs is 14. The largest absolute Gasteiger partial charge is 0.457 e. The lowest BCUT2D eigenvalue weighted by atomic mass is 9.61. The van der Waals surface area contributed by atoms with Gasteiger partial charge in [0, 0.05) is 45.6 Å². The zero-order valence-corrected chi connectivity index (χ0v) is 32.6. The van der Waals surface area contributed by atoms with Gasteiger partial charge in [0.1, 0.15) is 11.5 Å². The molecule has 2 aromatic heterocycles. The number of hydrogen-bond acceptors (Lipinski definition) is 4. The molecule has 1 spiro atoms. The summed E-state index contributed by atoms with van der Waals surface area (Å²) >= 11 is 0. The summed E-state index contributed by atoms with van der Waals surface area (Å²) in [5.74, 6) is 2.38. The van der Waals surface area contributed by atoms with E-state index in [9.17, 15) is 0 Å². The van der Waals surface area contributed by atoms with Crippen molar-refractivity contribution in [2.45, 2.75) is 24.7 Å². The summed E-state index contributed by atoms with van der Waals surface area (Å²) in [6, 6.07) is 63.4. The van der Waals surface area contributed by atoms with Gasteiger partial charge in [-0.25, -0.2) is 9.97 Å². The van der Waals surface area contributed by atoms with E-state index in [1.165, 1.54) is 44.5 Å². The zero-order chi connectivity index (χ0) is 39.3. The van der Waals surface area contributed by atoms with Crippen molar-refractivity contribution >= 4 is 0 Å². The smallest absolute Gasteiger partial charge is 0.160 e. The van der Waals surface area contributed by atoms with Gasteiger partial charge in [0.15, 0.2) is 5.82 Å². The monoisotopic (exact) mass is 755 g/mol. The normalized spacial score (nSPS) is 16.0. The Morgan fingerprint density at radius 3 is 1.75 bits per heavy atom. The molecular formula is C55H37N3O. The number of nitrogens with zero attached hydrogens (tertiary/aromatic N) is 3. The van der Waals surface area contributed by atoms with Crippen molar-refractivity contribution in [2.75, 3.05) is 0 Å². The van der Waals surface area contributed by atoms with Crippen LogP contribution >= 0.6 is 0 Å². The molecule has 0 saturated heterocycles. The summed E-state index contributed by atoms with van der Waals surface area (Å²) in [5, 5.41) is 0. The Morgan fingerprint density at radius 2 is 1.00 bits per heavy atom. The summed E-state index contributed by atoms with van der Waals surface area (Å²) < 4.78 is 7.08. The molecule has 7 aromatic carbocycles. The predicted molar refractivity (Wildman–Crippen MR) is 237 cm³/mol. The SMILES string of the molecule is CC1(C)c2ccccc2-c2cc3c(cc21)Oc1ccccc1C31c2ccccc2-c2ccccc2-c2ccc(-c3nc(-c4ccccc4)cc(-c4cccnc4)n3)cc21. The molecule has 1 aliphatic heterocycles. The molecule has 1 atom stereocenters. The zero-order valence-electron chi connectivity index (χ0n) is 32.6. The molecule has 0 fully saturated rings. The van der Waals surface area contributed by atoms with Crippen LogP contribution in [0.3, 0.4) is 0 Å². The Labute approximate surface area is 343 Å². The van der Waals surface area contributed by atoms with E-state index in [-0.39, 0.29) is 5.41 Å². The Balaban J connectivity index is 1.22. The van der Waals surface area contributed by atoms with Gasteiger partial charge >= 0.3 is 0 Å². The Hall–Kier alpha value is -7.43. The number of benzene rings is 7. The third kappa shape index (κ3) is 4.80. The summed E-state index contributed by atoms with van der Waals surface area (Å²) in [6.07, 6.45) is 3.67. The van der Waals surface area contributed by atoms with Gasteiger partial charge in [-0.15, -0.1) is 0 Å². The van der Waals surface area contributed by atoms with Crippen LogP contribution in [0.2, 0.25) is 0 Å². The Kier molecular flexibility index (Phi) is 7.16. The number of rotatable bonds is 3. The fourth-order valence-corrected chi connectivity index (χ4v) is 10.2. The van der Waals surface area contributed by atoms with Crippen LogP contribution in [0.15, 0.2) is 188 Å². The first-order chi connectivity index (χ1) is 29.0. The van der Waals surface area contributed by atoms with Crippen LogP contribution in [0.25, 0.3) is 67.3 Å². The van der Waals surface area contributed by atoms with Crippen LogP contribution in [-0.2, 0) is 10.8 Å². The maximum Gasteiger partial charge on any atom is 0.160 e. The minimum absolute atomic E-state index is 0.190. The van der Waals surface area contributed by atoms with Gasteiger partial charge < -0.3 is 4.74 Å². The molecule has 0 N–H and O–H groups in total. The van der Waals surface area contributed by atoms with E-state index in [0.29, 0.717) is 5.82 Å². The van der Waals surface area contributed by atoms with Crippen molar-refractivity contribution in [3.8, 4) is 78.8 Å². The second-order valence-electron chi connectivity index (χ2n) is 16.3.